The minimum Gasteiger partial charge on any atom is -0.309 e. The molecule has 0 aliphatic carbocycles. The highest BCUT2D eigenvalue weighted by atomic mass is 32.1. The average molecular weight is 503 g/mol. The van der Waals surface area contributed by atoms with Gasteiger partial charge in [-0.05, 0) is 59.7 Å². The van der Waals surface area contributed by atoms with Gasteiger partial charge in [-0.15, -0.1) is 11.3 Å². The third kappa shape index (κ3) is 3.29. The fourth-order valence-electron chi connectivity index (χ4n) is 5.64. The molecule has 3 aromatic heterocycles. The van der Waals surface area contributed by atoms with E-state index in [2.05, 4.69) is 138 Å². The summed E-state index contributed by atoms with van der Waals surface area (Å²) >= 11 is 1.80. The van der Waals surface area contributed by atoms with E-state index in [1.807, 2.05) is 0 Å². The van der Waals surface area contributed by atoms with E-state index in [1.54, 1.807) is 11.3 Å². The van der Waals surface area contributed by atoms with Crippen LogP contribution in [-0.2, 0) is 0 Å². The molecule has 0 aliphatic rings. The summed E-state index contributed by atoms with van der Waals surface area (Å²) < 4.78 is 4.88. The van der Waals surface area contributed by atoms with Crippen molar-refractivity contribution < 1.29 is 0 Å². The van der Waals surface area contributed by atoms with Crippen molar-refractivity contribution in [2.24, 2.45) is 0 Å². The molecule has 0 atom stereocenters. The van der Waals surface area contributed by atoms with Gasteiger partial charge in [0.1, 0.15) is 0 Å². The molecule has 0 saturated heterocycles. The van der Waals surface area contributed by atoms with Crippen LogP contribution in [0, 0.1) is 0 Å². The Morgan fingerprint density at radius 3 is 1.89 bits per heavy atom. The highest BCUT2D eigenvalue weighted by Gasteiger charge is 2.13. The number of fused-ring (bicyclic) bond motifs is 6. The van der Waals surface area contributed by atoms with Gasteiger partial charge in [-0.2, -0.15) is 0 Å². The number of thiophene rings is 1. The van der Waals surface area contributed by atoms with Crippen LogP contribution in [0.4, 0.5) is 0 Å². The van der Waals surface area contributed by atoms with Crippen molar-refractivity contribution in [1.29, 1.82) is 0 Å². The van der Waals surface area contributed by atoms with Gasteiger partial charge in [-0.3, -0.25) is 0 Å². The molecule has 0 radical (unpaired) electrons. The lowest BCUT2D eigenvalue weighted by Crippen LogP contribution is -1.94. The van der Waals surface area contributed by atoms with Crippen molar-refractivity contribution in [3.63, 3.8) is 0 Å². The first-order valence-electron chi connectivity index (χ1n) is 12.8. The summed E-state index contributed by atoms with van der Waals surface area (Å²) in [7, 11) is 0. The molecule has 0 spiro atoms. The van der Waals surface area contributed by atoms with Crippen LogP contribution in [0.25, 0.3) is 70.2 Å². The standard InChI is InChI=1S/C35H22N2S/c1-4-16-31-27(13-1)28-14-2-5-17-32(28)37(31)26-12-8-10-24(22-26)23-9-7-11-25(21-23)30-19-20-34-35(36-30)29-15-3-6-18-33(29)38-34/h1-22H. The molecule has 0 aliphatic heterocycles. The van der Waals surface area contributed by atoms with Crippen molar-refractivity contribution >= 4 is 53.4 Å². The van der Waals surface area contributed by atoms with Crippen molar-refractivity contribution in [1.82, 2.24) is 9.55 Å². The van der Waals surface area contributed by atoms with Crippen LogP contribution >= 0.6 is 11.3 Å². The zero-order valence-electron chi connectivity index (χ0n) is 20.5. The average Bonchev–Trinajstić information content (AvgIpc) is 3.53. The fourth-order valence-corrected chi connectivity index (χ4v) is 6.68. The lowest BCUT2D eigenvalue weighted by Gasteiger charge is -2.11. The normalized spacial score (nSPS) is 11.7. The molecule has 8 rings (SSSR count). The minimum absolute atomic E-state index is 1.00. The first-order chi connectivity index (χ1) is 18.8. The van der Waals surface area contributed by atoms with Crippen LogP contribution < -0.4 is 0 Å². The Kier molecular flexibility index (Phi) is 4.73. The molecule has 0 unspecified atom stereocenters. The summed E-state index contributed by atoms with van der Waals surface area (Å²) in [4.78, 5) is 5.10. The second-order valence-corrected chi connectivity index (χ2v) is 10.7. The Labute approximate surface area is 224 Å². The van der Waals surface area contributed by atoms with Crippen LogP contribution in [-0.4, -0.2) is 9.55 Å². The van der Waals surface area contributed by atoms with Gasteiger partial charge in [0, 0.05) is 32.1 Å². The molecular formula is C35H22N2S. The van der Waals surface area contributed by atoms with Crippen molar-refractivity contribution in [3.8, 4) is 28.1 Å². The van der Waals surface area contributed by atoms with Gasteiger partial charge in [0.15, 0.2) is 0 Å². The number of nitrogens with zero attached hydrogens (tertiary/aromatic N) is 2. The van der Waals surface area contributed by atoms with E-state index in [4.69, 9.17) is 4.98 Å². The maximum absolute atomic E-state index is 5.10. The predicted molar refractivity (Wildman–Crippen MR) is 162 cm³/mol. The quantitative estimate of drug-likeness (QED) is 0.235. The Bertz CT molecular complexity index is 2090. The minimum atomic E-state index is 1.00. The number of aromatic nitrogens is 2. The molecule has 0 saturated carbocycles. The van der Waals surface area contributed by atoms with Gasteiger partial charge >= 0.3 is 0 Å². The molecule has 5 aromatic carbocycles. The molecule has 0 fully saturated rings. The summed E-state index contributed by atoms with van der Waals surface area (Å²) in [6, 6.07) is 47.8. The smallest absolute Gasteiger partial charge is 0.0895 e. The first-order valence-corrected chi connectivity index (χ1v) is 13.6. The van der Waals surface area contributed by atoms with E-state index < -0.39 is 0 Å². The zero-order chi connectivity index (χ0) is 25.1. The summed E-state index contributed by atoms with van der Waals surface area (Å²) in [6.45, 7) is 0. The molecule has 0 amide bonds. The zero-order valence-corrected chi connectivity index (χ0v) is 21.3. The number of rotatable bonds is 3. The van der Waals surface area contributed by atoms with Crippen LogP contribution in [0.2, 0.25) is 0 Å². The first kappa shape index (κ1) is 21.4. The Hall–Kier alpha value is -4.73. The monoisotopic (exact) mass is 502 g/mol. The van der Waals surface area contributed by atoms with Crippen LogP contribution in [0.15, 0.2) is 133 Å². The van der Waals surface area contributed by atoms with Crippen LogP contribution in [0.1, 0.15) is 0 Å². The van der Waals surface area contributed by atoms with Crippen molar-refractivity contribution in [2.75, 3.05) is 0 Å². The van der Waals surface area contributed by atoms with Crippen molar-refractivity contribution in [3.05, 3.63) is 133 Å². The molecular weight excluding hydrogens is 480 g/mol. The fraction of sp³-hybridized carbons (Fsp3) is 0. The van der Waals surface area contributed by atoms with Crippen LogP contribution in [0.5, 0.6) is 0 Å². The van der Waals surface area contributed by atoms with Crippen LogP contribution in [0.3, 0.4) is 0 Å². The Morgan fingerprint density at radius 2 is 1.11 bits per heavy atom. The molecule has 3 heteroatoms. The predicted octanol–water partition coefficient (Wildman–Crippen LogP) is 9.88. The number of benzene rings is 5. The largest absolute Gasteiger partial charge is 0.309 e. The van der Waals surface area contributed by atoms with E-state index in [1.165, 1.54) is 47.7 Å². The molecule has 2 nitrogen and oxygen atoms in total. The second-order valence-electron chi connectivity index (χ2n) is 9.64. The van der Waals surface area contributed by atoms with Gasteiger partial charge in [-0.1, -0.05) is 84.9 Å². The number of pyridine rings is 1. The Morgan fingerprint density at radius 1 is 0.474 bits per heavy atom. The third-order valence-electron chi connectivity index (χ3n) is 7.40. The van der Waals surface area contributed by atoms with Gasteiger partial charge in [-0.25, -0.2) is 4.98 Å². The Balaban J connectivity index is 1.25. The SMILES string of the molecule is c1cc(-c2cccc(-n3c4ccccc4c4ccccc43)c2)cc(-c2ccc3sc4ccccc4c3n2)c1. The molecule has 178 valence electrons. The van der Waals surface area contributed by atoms with Gasteiger partial charge in [0.2, 0.25) is 0 Å². The second kappa shape index (κ2) is 8.41. The number of hydrogen-bond donors (Lipinski definition) is 0. The topological polar surface area (TPSA) is 17.8 Å². The summed E-state index contributed by atoms with van der Waals surface area (Å²) in [5, 5.41) is 3.78. The summed E-state index contributed by atoms with van der Waals surface area (Å²) in [6.07, 6.45) is 0. The van der Waals surface area contributed by atoms with E-state index in [9.17, 15) is 0 Å². The highest BCUT2D eigenvalue weighted by molar-refractivity contribution is 7.25. The molecule has 8 aromatic rings. The van der Waals surface area contributed by atoms with Gasteiger partial charge in [0.05, 0.1) is 26.9 Å². The van der Waals surface area contributed by atoms with Gasteiger partial charge in [0.25, 0.3) is 0 Å². The number of hydrogen-bond acceptors (Lipinski definition) is 2. The lowest BCUT2D eigenvalue weighted by molar-refractivity contribution is 1.18. The van der Waals surface area contributed by atoms with E-state index in [-0.39, 0.29) is 0 Å². The maximum Gasteiger partial charge on any atom is 0.0895 e. The summed E-state index contributed by atoms with van der Waals surface area (Å²) in [5.74, 6) is 0. The number of para-hydroxylation sites is 2. The maximum atomic E-state index is 5.10. The highest BCUT2D eigenvalue weighted by Crippen LogP contribution is 2.36. The van der Waals surface area contributed by atoms with E-state index in [0.717, 1.165) is 22.5 Å². The van der Waals surface area contributed by atoms with E-state index in [0.29, 0.717) is 0 Å². The molecule has 3 heterocycles. The molecule has 38 heavy (non-hydrogen) atoms. The molecule has 0 bridgehead atoms. The third-order valence-corrected chi connectivity index (χ3v) is 8.52. The van der Waals surface area contributed by atoms with Crippen molar-refractivity contribution in [2.45, 2.75) is 0 Å². The lowest BCUT2D eigenvalue weighted by atomic mass is 10.0. The van der Waals surface area contributed by atoms with Gasteiger partial charge < -0.3 is 4.57 Å². The van der Waals surface area contributed by atoms with E-state index >= 15 is 0 Å². The summed E-state index contributed by atoms with van der Waals surface area (Å²) in [5.41, 5.74) is 9.19. The molecule has 0 N–H and O–H groups in total.